The summed E-state index contributed by atoms with van der Waals surface area (Å²) in [5, 5.41) is 31.2. The van der Waals surface area contributed by atoms with E-state index in [2.05, 4.69) is 17.5 Å². The minimum Gasteiger partial charge on any atom is -0.461 e. The number of carbonyl (C=O) groups is 2. The van der Waals surface area contributed by atoms with Crippen LogP contribution in [0.25, 0.3) is 6.08 Å². The Morgan fingerprint density at radius 2 is 1.77 bits per heavy atom. The van der Waals surface area contributed by atoms with Crippen molar-refractivity contribution in [1.82, 2.24) is 5.32 Å². The van der Waals surface area contributed by atoms with Crippen molar-refractivity contribution < 1.29 is 19.2 Å². The average Bonchev–Trinajstić information content (AvgIpc) is 2.84. The van der Waals surface area contributed by atoms with Crippen LogP contribution in [0, 0.1) is 32.8 Å². The zero-order valence-corrected chi connectivity index (χ0v) is 19.6. The lowest BCUT2D eigenvalue weighted by Crippen LogP contribution is -2.29. The second kappa shape index (κ2) is 13.3. The molecule has 0 aliphatic carbocycles. The van der Waals surface area contributed by atoms with Gasteiger partial charge in [0.25, 0.3) is 11.6 Å². The number of amides is 1. The van der Waals surface area contributed by atoms with Crippen LogP contribution < -0.4 is 10.2 Å². The van der Waals surface area contributed by atoms with Gasteiger partial charge in [-0.05, 0) is 36.8 Å². The molecule has 10 nitrogen and oxygen atoms in total. The lowest BCUT2D eigenvalue weighted by molar-refractivity contribution is -0.384. The molecular weight excluding hydrogens is 474 g/mol. The molecule has 0 unspecified atom stereocenters. The van der Waals surface area contributed by atoms with Gasteiger partial charge in [0.05, 0.1) is 47.1 Å². The van der Waals surface area contributed by atoms with E-state index < -0.39 is 16.8 Å². The highest BCUT2D eigenvalue weighted by atomic mass is 35.5. The highest BCUT2D eigenvalue weighted by Crippen LogP contribution is 2.23. The molecule has 2 rings (SSSR count). The predicted octanol–water partition coefficient (Wildman–Crippen LogP) is 4.22. The Kier molecular flexibility index (Phi) is 10.2. The first-order valence-corrected chi connectivity index (χ1v) is 10.9. The number of nitriles is 2. The summed E-state index contributed by atoms with van der Waals surface area (Å²) in [6.45, 7) is 2.60. The molecule has 0 aliphatic rings. The van der Waals surface area contributed by atoms with Crippen LogP contribution in [-0.2, 0) is 9.53 Å². The summed E-state index contributed by atoms with van der Waals surface area (Å²) in [5.41, 5.74) is 0.671. The lowest BCUT2D eigenvalue weighted by atomic mass is 10.1. The van der Waals surface area contributed by atoms with Gasteiger partial charge in [-0.25, -0.2) is 4.79 Å². The fourth-order valence-electron chi connectivity index (χ4n) is 3.03. The molecule has 35 heavy (non-hydrogen) atoms. The summed E-state index contributed by atoms with van der Waals surface area (Å²) >= 11 is 6.04. The third kappa shape index (κ3) is 7.84. The molecule has 11 heteroatoms. The summed E-state index contributed by atoms with van der Waals surface area (Å²) < 4.78 is 5.02. The Labute approximate surface area is 207 Å². The van der Waals surface area contributed by atoms with E-state index in [1.54, 1.807) is 31.2 Å². The van der Waals surface area contributed by atoms with Crippen molar-refractivity contribution in [3.63, 3.8) is 0 Å². The monoisotopic (exact) mass is 495 g/mol. The number of benzene rings is 2. The number of rotatable bonds is 11. The molecule has 0 bridgehead atoms. The molecule has 0 aliphatic heterocycles. The van der Waals surface area contributed by atoms with E-state index in [1.165, 1.54) is 18.2 Å². The molecule has 0 aromatic heterocycles. The molecule has 0 saturated carbocycles. The van der Waals surface area contributed by atoms with Crippen molar-refractivity contribution in [1.29, 1.82) is 10.5 Å². The maximum Gasteiger partial charge on any atom is 0.354 e. The molecule has 0 radical (unpaired) electrons. The standard InChI is InChI=1S/C24H22ClN5O5/c1-2-35-24(32)22(28-23(31)20-16-19(30(33)34)9-10-21(20)25)15-17-5-7-18(8-6-17)29(13-3-11-26)14-4-12-27/h5-10,15-16H,2-4,13-14H2,1H3,(H,28,31)/b22-15-. The fraction of sp³-hybridized carbons (Fsp3) is 0.250. The number of ether oxygens (including phenoxy) is 1. The van der Waals surface area contributed by atoms with Crippen molar-refractivity contribution >= 4 is 40.9 Å². The third-order valence-electron chi connectivity index (χ3n) is 4.71. The molecule has 2 aromatic rings. The summed E-state index contributed by atoms with van der Waals surface area (Å²) in [5.74, 6) is -1.61. The van der Waals surface area contributed by atoms with Crippen LogP contribution in [0.4, 0.5) is 11.4 Å². The van der Waals surface area contributed by atoms with Crippen LogP contribution in [0.3, 0.4) is 0 Å². The van der Waals surface area contributed by atoms with E-state index in [-0.39, 0.29) is 28.6 Å². The van der Waals surface area contributed by atoms with E-state index >= 15 is 0 Å². The van der Waals surface area contributed by atoms with E-state index in [0.717, 1.165) is 11.8 Å². The number of esters is 1. The number of nitro groups is 1. The minimum atomic E-state index is -0.811. The quantitative estimate of drug-likeness (QED) is 0.211. The third-order valence-corrected chi connectivity index (χ3v) is 5.03. The average molecular weight is 496 g/mol. The molecule has 1 amide bonds. The van der Waals surface area contributed by atoms with E-state index in [1.807, 2.05) is 4.90 Å². The summed E-state index contributed by atoms with van der Waals surface area (Å²) in [7, 11) is 0. The van der Waals surface area contributed by atoms with Gasteiger partial charge in [-0.1, -0.05) is 23.7 Å². The number of carbonyl (C=O) groups excluding carboxylic acids is 2. The Bertz CT molecular complexity index is 1180. The molecule has 0 saturated heterocycles. The van der Waals surface area contributed by atoms with Crippen LogP contribution in [-0.4, -0.2) is 36.5 Å². The highest BCUT2D eigenvalue weighted by Gasteiger charge is 2.20. The van der Waals surface area contributed by atoms with Crippen LogP contribution in [0.15, 0.2) is 48.2 Å². The van der Waals surface area contributed by atoms with E-state index in [9.17, 15) is 19.7 Å². The van der Waals surface area contributed by atoms with Crippen LogP contribution in [0.5, 0.6) is 0 Å². The van der Waals surface area contributed by atoms with Gasteiger partial charge in [-0.15, -0.1) is 0 Å². The number of nitro benzene ring substituents is 1. The second-order valence-electron chi connectivity index (χ2n) is 7.05. The Hall–Kier alpha value is -4.41. The normalized spacial score (nSPS) is 10.6. The number of halogens is 1. The van der Waals surface area contributed by atoms with Gasteiger partial charge in [-0.3, -0.25) is 14.9 Å². The first-order chi connectivity index (χ1) is 16.8. The number of anilines is 1. The fourth-order valence-corrected chi connectivity index (χ4v) is 3.24. The highest BCUT2D eigenvalue weighted by molar-refractivity contribution is 6.34. The van der Waals surface area contributed by atoms with Crippen molar-refractivity contribution in [3.8, 4) is 12.1 Å². The Morgan fingerprint density at radius 3 is 2.31 bits per heavy atom. The van der Waals surface area contributed by atoms with Crippen molar-refractivity contribution in [2.45, 2.75) is 19.8 Å². The largest absolute Gasteiger partial charge is 0.461 e. The van der Waals surface area contributed by atoms with E-state index in [4.69, 9.17) is 26.9 Å². The van der Waals surface area contributed by atoms with Crippen molar-refractivity contribution in [2.75, 3.05) is 24.6 Å². The van der Waals surface area contributed by atoms with Crippen LogP contribution >= 0.6 is 11.6 Å². The molecule has 0 heterocycles. The Morgan fingerprint density at radius 1 is 1.14 bits per heavy atom. The zero-order valence-electron chi connectivity index (χ0n) is 18.9. The van der Waals surface area contributed by atoms with Gasteiger partial charge in [0.1, 0.15) is 5.70 Å². The van der Waals surface area contributed by atoms with E-state index in [0.29, 0.717) is 31.5 Å². The van der Waals surface area contributed by atoms with Crippen LogP contribution in [0.1, 0.15) is 35.7 Å². The number of nitrogens with one attached hydrogen (secondary N) is 1. The molecule has 0 atom stereocenters. The van der Waals surface area contributed by atoms with Gasteiger partial charge in [0, 0.05) is 30.9 Å². The topological polar surface area (TPSA) is 149 Å². The van der Waals surface area contributed by atoms with Gasteiger partial charge in [0.15, 0.2) is 0 Å². The molecule has 2 aromatic carbocycles. The van der Waals surface area contributed by atoms with Crippen molar-refractivity contribution in [2.24, 2.45) is 0 Å². The predicted molar refractivity (Wildman–Crippen MR) is 129 cm³/mol. The second-order valence-corrected chi connectivity index (χ2v) is 7.46. The number of nitrogens with zero attached hydrogens (tertiary/aromatic N) is 4. The summed E-state index contributed by atoms with van der Waals surface area (Å²) in [6, 6.07) is 14.5. The number of non-ortho nitro benzene ring substituents is 1. The first kappa shape index (κ1) is 26.8. The molecule has 180 valence electrons. The Balaban J connectivity index is 2.33. The number of hydrogen-bond acceptors (Lipinski definition) is 8. The van der Waals surface area contributed by atoms with Crippen molar-refractivity contribution in [3.05, 3.63) is 74.4 Å². The van der Waals surface area contributed by atoms with Gasteiger partial charge in [0.2, 0.25) is 0 Å². The minimum absolute atomic E-state index is 0.0181. The molecular formula is C24H22ClN5O5. The van der Waals surface area contributed by atoms with Gasteiger partial charge in [-0.2, -0.15) is 10.5 Å². The molecule has 0 fully saturated rings. The van der Waals surface area contributed by atoms with Gasteiger partial charge < -0.3 is 15.0 Å². The zero-order chi connectivity index (χ0) is 25.8. The molecule has 0 spiro atoms. The first-order valence-electron chi connectivity index (χ1n) is 10.5. The smallest absolute Gasteiger partial charge is 0.354 e. The summed E-state index contributed by atoms with van der Waals surface area (Å²) in [4.78, 5) is 37.5. The number of hydrogen-bond donors (Lipinski definition) is 1. The molecule has 1 N–H and O–H groups in total. The van der Waals surface area contributed by atoms with Crippen LogP contribution in [0.2, 0.25) is 5.02 Å². The lowest BCUT2D eigenvalue weighted by Gasteiger charge is -2.22. The summed E-state index contributed by atoms with van der Waals surface area (Å²) in [6.07, 6.45) is 2.00. The SMILES string of the molecule is CCOC(=O)/C(=C/c1ccc(N(CCC#N)CCC#N)cc1)NC(=O)c1cc([N+](=O)[O-])ccc1Cl. The van der Waals surface area contributed by atoms with Gasteiger partial charge >= 0.3 is 5.97 Å². The maximum absolute atomic E-state index is 12.8. The maximum atomic E-state index is 12.8.